The highest BCUT2D eigenvalue weighted by molar-refractivity contribution is 7.92. The Morgan fingerprint density at radius 3 is 1.97 bits per heavy atom. The number of carbonyl (C=O) groups excluding carboxylic acids is 1. The molecule has 0 saturated carbocycles. The number of nitrogens with one attached hydrogen (secondary N) is 1. The van der Waals surface area contributed by atoms with Gasteiger partial charge in [-0.3, -0.25) is 9.10 Å². The summed E-state index contributed by atoms with van der Waals surface area (Å²) < 4.78 is 48.6. The summed E-state index contributed by atoms with van der Waals surface area (Å²) in [6.07, 6.45) is 3.01. The third-order valence-electron chi connectivity index (χ3n) is 4.51. The van der Waals surface area contributed by atoms with Crippen molar-refractivity contribution in [3.8, 4) is 0 Å². The van der Waals surface area contributed by atoms with Crippen LogP contribution in [-0.2, 0) is 31.1 Å². The summed E-state index contributed by atoms with van der Waals surface area (Å²) in [4.78, 5) is 12.7. The van der Waals surface area contributed by atoms with Crippen molar-refractivity contribution in [2.75, 3.05) is 23.4 Å². The topological polar surface area (TPSA) is 101 Å². The average molecular weight is 439 g/mol. The van der Waals surface area contributed by atoms with Crippen LogP contribution in [0.5, 0.6) is 0 Å². The highest BCUT2D eigenvalue weighted by Gasteiger charge is 2.22. The maximum Gasteiger partial charge on any atom is 0.241 e. The van der Waals surface area contributed by atoms with Crippen molar-refractivity contribution in [3.05, 3.63) is 59.7 Å². The molecular formula is C20H26N2O5S2. The molecule has 158 valence electrons. The van der Waals surface area contributed by atoms with E-state index in [0.29, 0.717) is 11.3 Å². The van der Waals surface area contributed by atoms with Gasteiger partial charge in [-0.2, -0.15) is 0 Å². The Hall–Kier alpha value is -2.39. The van der Waals surface area contributed by atoms with Crippen LogP contribution in [0.2, 0.25) is 0 Å². The van der Waals surface area contributed by atoms with Crippen LogP contribution in [-0.4, -0.2) is 41.8 Å². The van der Waals surface area contributed by atoms with Gasteiger partial charge in [0.1, 0.15) is 6.54 Å². The molecule has 29 heavy (non-hydrogen) atoms. The van der Waals surface area contributed by atoms with Gasteiger partial charge in [0.05, 0.1) is 22.9 Å². The summed E-state index contributed by atoms with van der Waals surface area (Å²) in [5.41, 5.74) is 2.20. The fourth-order valence-electron chi connectivity index (χ4n) is 2.80. The molecule has 2 aromatic carbocycles. The van der Waals surface area contributed by atoms with Gasteiger partial charge in [0.2, 0.25) is 15.9 Å². The van der Waals surface area contributed by atoms with Crippen LogP contribution in [0.25, 0.3) is 0 Å². The normalized spacial score (nSPS) is 13.0. The quantitative estimate of drug-likeness (QED) is 0.682. The zero-order valence-corrected chi connectivity index (χ0v) is 18.5. The number of aryl methyl sites for hydroxylation is 1. The molecule has 0 fully saturated rings. The molecule has 0 spiro atoms. The largest absolute Gasteiger partial charge is 0.348 e. The van der Waals surface area contributed by atoms with Crippen molar-refractivity contribution in [2.24, 2.45) is 0 Å². The first-order valence-electron chi connectivity index (χ1n) is 9.08. The molecule has 0 aromatic heterocycles. The van der Waals surface area contributed by atoms with Gasteiger partial charge in [0.25, 0.3) is 0 Å². The molecular weight excluding hydrogens is 412 g/mol. The van der Waals surface area contributed by atoms with Gasteiger partial charge in [0, 0.05) is 6.26 Å². The van der Waals surface area contributed by atoms with E-state index in [1.54, 1.807) is 31.2 Å². The zero-order chi connectivity index (χ0) is 21.8. The van der Waals surface area contributed by atoms with E-state index >= 15 is 0 Å². The summed E-state index contributed by atoms with van der Waals surface area (Å²) >= 11 is 0. The molecule has 9 heteroatoms. The van der Waals surface area contributed by atoms with Crippen molar-refractivity contribution in [1.82, 2.24) is 5.32 Å². The number of sulfonamides is 1. The van der Waals surface area contributed by atoms with Crippen molar-refractivity contribution in [1.29, 1.82) is 0 Å². The molecule has 7 nitrogen and oxygen atoms in total. The summed E-state index contributed by atoms with van der Waals surface area (Å²) in [6.45, 7) is 3.39. The number of rotatable bonds is 8. The van der Waals surface area contributed by atoms with Gasteiger partial charge < -0.3 is 5.32 Å². The SMILES string of the molecule is CCc1ccc(N(CC(=O)NC(C)c2ccc(S(C)(=O)=O)cc2)S(C)(=O)=O)cc1. The Morgan fingerprint density at radius 2 is 1.52 bits per heavy atom. The number of carbonyl (C=O) groups is 1. The van der Waals surface area contributed by atoms with Crippen LogP contribution in [0.15, 0.2) is 53.4 Å². The lowest BCUT2D eigenvalue weighted by Gasteiger charge is -2.23. The van der Waals surface area contributed by atoms with E-state index < -0.39 is 31.8 Å². The maximum atomic E-state index is 12.5. The second-order valence-electron chi connectivity index (χ2n) is 6.92. The van der Waals surface area contributed by atoms with Gasteiger partial charge in [-0.1, -0.05) is 31.2 Å². The van der Waals surface area contributed by atoms with Crippen LogP contribution >= 0.6 is 0 Å². The Balaban J connectivity index is 2.13. The number of hydrogen-bond donors (Lipinski definition) is 1. The van der Waals surface area contributed by atoms with Crippen LogP contribution in [0, 0.1) is 0 Å². The smallest absolute Gasteiger partial charge is 0.241 e. The molecule has 1 N–H and O–H groups in total. The maximum absolute atomic E-state index is 12.5. The van der Waals surface area contributed by atoms with E-state index in [4.69, 9.17) is 0 Å². The third kappa shape index (κ3) is 6.30. The molecule has 0 saturated heterocycles. The second-order valence-corrected chi connectivity index (χ2v) is 10.8. The standard InChI is InChI=1S/C20H26N2O5S2/c1-5-16-6-10-18(11-7-16)22(29(4,26)27)14-20(23)21-15(2)17-8-12-19(13-9-17)28(3,24)25/h6-13,15H,5,14H2,1-4H3,(H,21,23). The molecule has 0 radical (unpaired) electrons. The Morgan fingerprint density at radius 1 is 0.966 bits per heavy atom. The summed E-state index contributed by atoms with van der Waals surface area (Å²) in [5, 5.41) is 2.75. The van der Waals surface area contributed by atoms with Crippen LogP contribution < -0.4 is 9.62 Å². The van der Waals surface area contributed by atoms with Gasteiger partial charge in [0.15, 0.2) is 9.84 Å². The summed E-state index contributed by atoms with van der Waals surface area (Å²) in [6, 6.07) is 12.8. The predicted octanol–water partition coefficient (Wildman–Crippen LogP) is 2.30. The minimum absolute atomic E-state index is 0.193. The minimum Gasteiger partial charge on any atom is -0.348 e. The van der Waals surface area contributed by atoms with Crippen molar-refractivity contribution >= 4 is 31.5 Å². The Kier molecular flexibility index (Phi) is 7.07. The van der Waals surface area contributed by atoms with Gasteiger partial charge in [-0.15, -0.1) is 0 Å². The van der Waals surface area contributed by atoms with E-state index in [0.717, 1.165) is 28.8 Å². The minimum atomic E-state index is -3.65. The average Bonchev–Trinajstić information content (AvgIpc) is 2.64. The molecule has 0 aliphatic rings. The number of sulfone groups is 1. The Bertz CT molecular complexity index is 1060. The molecule has 0 aliphatic carbocycles. The summed E-state index contributed by atoms with van der Waals surface area (Å²) in [5.74, 6) is -0.463. The van der Waals surface area contributed by atoms with Crippen molar-refractivity contribution in [2.45, 2.75) is 31.2 Å². The number of anilines is 1. The second kappa shape index (κ2) is 8.96. The molecule has 1 unspecified atom stereocenters. The van der Waals surface area contributed by atoms with E-state index in [9.17, 15) is 21.6 Å². The lowest BCUT2D eigenvalue weighted by molar-refractivity contribution is -0.120. The van der Waals surface area contributed by atoms with Crippen LogP contribution in [0.1, 0.15) is 31.0 Å². The Labute approximate surface area is 172 Å². The fraction of sp³-hybridized carbons (Fsp3) is 0.350. The molecule has 0 aliphatic heterocycles. The first-order valence-corrected chi connectivity index (χ1v) is 12.8. The number of benzene rings is 2. The van der Waals surface area contributed by atoms with Crippen LogP contribution in [0.3, 0.4) is 0 Å². The summed E-state index contributed by atoms with van der Waals surface area (Å²) in [7, 11) is -6.95. The third-order valence-corrected chi connectivity index (χ3v) is 6.77. The highest BCUT2D eigenvalue weighted by atomic mass is 32.2. The van der Waals surface area contributed by atoms with Crippen molar-refractivity contribution < 1.29 is 21.6 Å². The van der Waals surface area contributed by atoms with Gasteiger partial charge in [-0.05, 0) is 48.7 Å². The molecule has 2 aromatic rings. The molecule has 0 bridgehead atoms. The number of hydrogen-bond acceptors (Lipinski definition) is 5. The molecule has 0 heterocycles. The first-order chi connectivity index (χ1) is 13.4. The fourth-order valence-corrected chi connectivity index (χ4v) is 4.29. The van der Waals surface area contributed by atoms with E-state index in [1.807, 2.05) is 19.1 Å². The van der Waals surface area contributed by atoms with E-state index in [1.165, 1.54) is 12.1 Å². The predicted molar refractivity (Wildman–Crippen MR) is 114 cm³/mol. The monoisotopic (exact) mass is 438 g/mol. The highest BCUT2D eigenvalue weighted by Crippen LogP contribution is 2.20. The molecule has 2 rings (SSSR count). The zero-order valence-electron chi connectivity index (χ0n) is 16.9. The van der Waals surface area contributed by atoms with E-state index in [-0.39, 0.29) is 11.4 Å². The van der Waals surface area contributed by atoms with Crippen LogP contribution in [0.4, 0.5) is 5.69 Å². The lowest BCUT2D eigenvalue weighted by Crippen LogP contribution is -2.41. The first kappa shape index (κ1) is 22.9. The van der Waals surface area contributed by atoms with Gasteiger partial charge >= 0.3 is 0 Å². The van der Waals surface area contributed by atoms with Crippen molar-refractivity contribution in [3.63, 3.8) is 0 Å². The number of nitrogens with zero attached hydrogens (tertiary/aromatic N) is 1. The van der Waals surface area contributed by atoms with E-state index in [2.05, 4.69) is 5.32 Å². The molecule has 1 atom stereocenters. The molecule has 1 amide bonds. The van der Waals surface area contributed by atoms with Gasteiger partial charge in [-0.25, -0.2) is 16.8 Å². The lowest BCUT2D eigenvalue weighted by atomic mass is 10.1. The number of amides is 1.